The summed E-state index contributed by atoms with van der Waals surface area (Å²) in [6.45, 7) is 4.48. The Morgan fingerprint density at radius 3 is 1.68 bits per heavy atom. The molecular formula is C27H39F. The molecule has 0 radical (unpaired) electrons. The molecule has 0 nitrogen and oxygen atoms in total. The molecule has 2 aromatic rings. The van der Waals surface area contributed by atoms with Crippen LogP contribution in [0.2, 0.25) is 0 Å². The minimum atomic E-state index is -0.0900. The van der Waals surface area contributed by atoms with Gasteiger partial charge in [-0.05, 0) is 48.4 Å². The minimum absolute atomic E-state index is 0.0900. The molecule has 0 aromatic heterocycles. The lowest BCUT2D eigenvalue weighted by molar-refractivity contribution is 0.589. The van der Waals surface area contributed by atoms with Crippen LogP contribution in [0.4, 0.5) is 4.39 Å². The molecule has 2 aromatic carbocycles. The van der Waals surface area contributed by atoms with E-state index >= 15 is 0 Å². The lowest BCUT2D eigenvalue weighted by Gasteiger charge is -2.08. The highest BCUT2D eigenvalue weighted by Gasteiger charge is 2.07. The van der Waals surface area contributed by atoms with Gasteiger partial charge in [-0.3, -0.25) is 0 Å². The second kappa shape index (κ2) is 13.5. The van der Waals surface area contributed by atoms with Crippen LogP contribution in [0.5, 0.6) is 0 Å². The minimum Gasteiger partial charge on any atom is -0.206 e. The van der Waals surface area contributed by atoms with E-state index < -0.39 is 0 Å². The van der Waals surface area contributed by atoms with Crippen molar-refractivity contribution < 1.29 is 4.39 Å². The fourth-order valence-corrected chi connectivity index (χ4v) is 3.84. The zero-order valence-corrected chi connectivity index (χ0v) is 18.1. The summed E-state index contributed by atoms with van der Waals surface area (Å²) in [4.78, 5) is 0. The Balaban J connectivity index is 1.80. The van der Waals surface area contributed by atoms with E-state index in [1.165, 1.54) is 69.8 Å². The second-order valence-electron chi connectivity index (χ2n) is 8.19. The summed E-state index contributed by atoms with van der Waals surface area (Å²) in [5, 5.41) is 0. The molecule has 0 aliphatic carbocycles. The summed E-state index contributed by atoms with van der Waals surface area (Å²) in [5.41, 5.74) is 4.19. The van der Waals surface area contributed by atoms with Crippen LogP contribution >= 0.6 is 0 Å². The number of rotatable bonds is 14. The van der Waals surface area contributed by atoms with Crippen molar-refractivity contribution >= 4 is 0 Å². The van der Waals surface area contributed by atoms with Gasteiger partial charge in [0.05, 0.1) is 0 Å². The van der Waals surface area contributed by atoms with Crippen molar-refractivity contribution in [3.05, 3.63) is 59.4 Å². The van der Waals surface area contributed by atoms with Gasteiger partial charge in [0.15, 0.2) is 0 Å². The van der Waals surface area contributed by atoms with Gasteiger partial charge in [-0.25, -0.2) is 4.39 Å². The van der Waals surface area contributed by atoms with Gasteiger partial charge >= 0.3 is 0 Å². The predicted octanol–water partition coefficient (Wildman–Crippen LogP) is 8.91. The van der Waals surface area contributed by atoms with Crippen molar-refractivity contribution in [2.45, 2.75) is 97.3 Å². The summed E-state index contributed by atoms with van der Waals surface area (Å²) in [6.07, 6.45) is 16.4. The highest BCUT2D eigenvalue weighted by molar-refractivity contribution is 5.64. The number of hydrogen-bond acceptors (Lipinski definition) is 0. The maximum absolute atomic E-state index is 14.6. The first-order valence-electron chi connectivity index (χ1n) is 11.6. The predicted molar refractivity (Wildman–Crippen MR) is 121 cm³/mol. The molecule has 0 atom stereocenters. The van der Waals surface area contributed by atoms with Crippen molar-refractivity contribution in [2.75, 3.05) is 0 Å². The zero-order chi connectivity index (χ0) is 20.0. The number of aryl methyl sites for hydroxylation is 2. The maximum atomic E-state index is 14.6. The number of benzene rings is 2. The quantitative estimate of drug-likeness (QED) is 0.286. The molecule has 0 amide bonds. The Hall–Kier alpha value is -1.63. The van der Waals surface area contributed by atoms with E-state index in [2.05, 4.69) is 44.2 Å². The zero-order valence-electron chi connectivity index (χ0n) is 18.1. The van der Waals surface area contributed by atoms with E-state index in [4.69, 9.17) is 0 Å². The number of unbranched alkanes of at least 4 members (excludes halogenated alkanes) is 9. The molecule has 154 valence electrons. The van der Waals surface area contributed by atoms with E-state index in [1.54, 1.807) is 6.07 Å². The maximum Gasteiger partial charge on any atom is 0.131 e. The van der Waals surface area contributed by atoms with Gasteiger partial charge < -0.3 is 0 Å². The van der Waals surface area contributed by atoms with Crippen LogP contribution < -0.4 is 0 Å². The molecule has 0 unspecified atom stereocenters. The Kier molecular flexibility index (Phi) is 10.9. The summed E-state index contributed by atoms with van der Waals surface area (Å²) < 4.78 is 14.6. The van der Waals surface area contributed by atoms with Crippen molar-refractivity contribution in [2.24, 2.45) is 0 Å². The lowest BCUT2D eigenvalue weighted by Crippen LogP contribution is -1.91. The van der Waals surface area contributed by atoms with Gasteiger partial charge in [0.1, 0.15) is 5.82 Å². The third-order valence-corrected chi connectivity index (χ3v) is 5.69. The molecule has 0 aliphatic heterocycles. The van der Waals surface area contributed by atoms with Gasteiger partial charge in [-0.15, -0.1) is 0 Å². The Bertz CT molecular complexity index is 656. The molecule has 0 saturated heterocycles. The smallest absolute Gasteiger partial charge is 0.131 e. The van der Waals surface area contributed by atoms with Crippen molar-refractivity contribution in [1.29, 1.82) is 0 Å². The van der Waals surface area contributed by atoms with Crippen LogP contribution in [0, 0.1) is 5.82 Å². The summed E-state index contributed by atoms with van der Waals surface area (Å²) >= 11 is 0. The average Bonchev–Trinajstić information content (AvgIpc) is 2.71. The van der Waals surface area contributed by atoms with Gasteiger partial charge in [0.2, 0.25) is 0 Å². The van der Waals surface area contributed by atoms with Gasteiger partial charge in [0, 0.05) is 5.56 Å². The third-order valence-electron chi connectivity index (χ3n) is 5.69. The summed E-state index contributed by atoms with van der Waals surface area (Å²) in [6, 6.07) is 14.3. The largest absolute Gasteiger partial charge is 0.206 e. The van der Waals surface area contributed by atoms with Crippen LogP contribution in [-0.4, -0.2) is 0 Å². The normalized spacial score (nSPS) is 11.1. The van der Waals surface area contributed by atoms with Gasteiger partial charge in [0.25, 0.3) is 0 Å². The fourth-order valence-electron chi connectivity index (χ4n) is 3.84. The molecule has 0 saturated carbocycles. The first-order chi connectivity index (χ1) is 13.7. The average molecular weight is 383 g/mol. The monoisotopic (exact) mass is 382 g/mol. The van der Waals surface area contributed by atoms with Crippen LogP contribution in [0.15, 0.2) is 42.5 Å². The van der Waals surface area contributed by atoms with Crippen molar-refractivity contribution in [3.8, 4) is 11.1 Å². The molecular weight excluding hydrogens is 343 g/mol. The molecule has 0 heterocycles. The number of hydrogen-bond donors (Lipinski definition) is 0. The molecule has 28 heavy (non-hydrogen) atoms. The van der Waals surface area contributed by atoms with Crippen LogP contribution in [0.3, 0.4) is 0 Å². The number of halogens is 1. The Morgan fingerprint density at radius 1 is 0.571 bits per heavy atom. The molecule has 0 aliphatic rings. The molecule has 0 spiro atoms. The van der Waals surface area contributed by atoms with E-state index in [0.717, 1.165) is 36.0 Å². The summed E-state index contributed by atoms with van der Waals surface area (Å²) in [7, 11) is 0. The van der Waals surface area contributed by atoms with Crippen molar-refractivity contribution in [3.63, 3.8) is 0 Å². The van der Waals surface area contributed by atoms with Gasteiger partial charge in [-0.1, -0.05) is 108 Å². The van der Waals surface area contributed by atoms with Crippen LogP contribution in [0.1, 0.15) is 95.6 Å². The molecule has 0 N–H and O–H groups in total. The Morgan fingerprint density at radius 2 is 1.07 bits per heavy atom. The van der Waals surface area contributed by atoms with E-state index in [-0.39, 0.29) is 5.82 Å². The molecule has 2 rings (SSSR count). The van der Waals surface area contributed by atoms with Crippen LogP contribution in [-0.2, 0) is 12.8 Å². The van der Waals surface area contributed by atoms with E-state index in [1.807, 2.05) is 6.07 Å². The second-order valence-corrected chi connectivity index (χ2v) is 8.19. The molecule has 1 heteroatoms. The van der Waals surface area contributed by atoms with Crippen LogP contribution in [0.25, 0.3) is 11.1 Å². The SMILES string of the molecule is CCCCCCCCCc1ccc(-c2ccc(CCCCCC)cc2F)cc1. The standard InChI is InChI=1S/C27H39F/c1-3-5-7-9-10-11-13-14-23-16-19-25(20-17-23)26-21-18-24(22-27(26)28)15-12-8-6-4-2/h16-22H,3-15H2,1-2H3. The topological polar surface area (TPSA) is 0 Å². The fraction of sp³-hybridized carbons (Fsp3) is 0.556. The Labute approximate surface area is 172 Å². The summed E-state index contributed by atoms with van der Waals surface area (Å²) in [5.74, 6) is -0.0900. The highest BCUT2D eigenvalue weighted by Crippen LogP contribution is 2.25. The highest BCUT2D eigenvalue weighted by atomic mass is 19.1. The lowest BCUT2D eigenvalue weighted by atomic mass is 9.98. The first-order valence-corrected chi connectivity index (χ1v) is 11.6. The van der Waals surface area contributed by atoms with E-state index in [0.29, 0.717) is 0 Å². The third kappa shape index (κ3) is 8.17. The van der Waals surface area contributed by atoms with Crippen molar-refractivity contribution in [1.82, 2.24) is 0 Å². The molecule has 0 bridgehead atoms. The molecule has 0 fully saturated rings. The first kappa shape index (κ1) is 22.7. The van der Waals surface area contributed by atoms with Gasteiger partial charge in [-0.2, -0.15) is 0 Å². The van der Waals surface area contributed by atoms with E-state index in [9.17, 15) is 4.39 Å².